The molecule has 0 bridgehead atoms. The lowest BCUT2D eigenvalue weighted by Crippen LogP contribution is -2.42. The summed E-state index contributed by atoms with van der Waals surface area (Å²) >= 11 is 0. The normalized spacial score (nSPS) is 16.4. The fourth-order valence-electron chi connectivity index (χ4n) is 3.89. The molecule has 1 saturated heterocycles. The van der Waals surface area contributed by atoms with Crippen LogP contribution in [-0.2, 0) is 6.54 Å². The van der Waals surface area contributed by atoms with Crippen molar-refractivity contribution >= 4 is 24.0 Å². The van der Waals surface area contributed by atoms with Gasteiger partial charge in [0.05, 0.1) is 0 Å². The smallest absolute Gasteiger partial charge is 0.253 e. The molecule has 2 aromatic rings. The second kappa shape index (κ2) is 11.1. The van der Waals surface area contributed by atoms with Gasteiger partial charge in [-0.05, 0) is 69.1 Å². The number of halogens is 1. The van der Waals surface area contributed by atoms with E-state index in [4.69, 9.17) is 0 Å². The fraction of sp³-hybridized carbons (Fsp3) is 0.435. The van der Waals surface area contributed by atoms with Crippen molar-refractivity contribution < 1.29 is 4.79 Å². The Morgan fingerprint density at radius 3 is 2.50 bits per heavy atom. The third-order valence-electron chi connectivity index (χ3n) is 5.38. The summed E-state index contributed by atoms with van der Waals surface area (Å²) in [4.78, 5) is 17.2. The lowest BCUT2D eigenvalue weighted by Gasteiger charge is -2.33. The second-order valence-corrected chi connectivity index (χ2v) is 7.36. The van der Waals surface area contributed by atoms with Crippen LogP contribution in [0.4, 0.5) is 5.69 Å². The minimum Gasteiger partial charge on any atom is -0.367 e. The number of rotatable bonds is 7. The molecule has 1 aliphatic rings. The van der Waals surface area contributed by atoms with E-state index < -0.39 is 0 Å². The quantitative estimate of drug-likeness (QED) is 0.754. The molecule has 1 unspecified atom stereocenters. The van der Waals surface area contributed by atoms with Gasteiger partial charge in [0.25, 0.3) is 5.91 Å². The third kappa shape index (κ3) is 5.73. The molecule has 2 aromatic carbocycles. The number of benzene rings is 2. The van der Waals surface area contributed by atoms with Gasteiger partial charge in [-0.3, -0.25) is 4.79 Å². The van der Waals surface area contributed by atoms with Crippen LogP contribution in [0.15, 0.2) is 54.6 Å². The summed E-state index contributed by atoms with van der Waals surface area (Å²) in [6.07, 6.45) is 2.30. The predicted octanol–water partition coefficient (Wildman–Crippen LogP) is 4.21. The zero-order valence-electron chi connectivity index (χ0n) is 16.9. The van der Waals surface area contributed by atoms with Crippen LogP contribution >= 0.6 is 12.4 Å². The van der Waals surface area contributed by atoms with Crippen LogP contribution in [0.25, 0.3) is 0 Å². The third-order valence-corrected chi connectivity index (χ3v) is 5.38. The van der Waals surface area contributed by atoms with E-state index in [-0.39, 0.29) is 18.3 Å². The van der Waals surface area contributed by atoms with Gasteiger partial charge in [0.15, 0.2) is 0 Å². The highest BCUT2D eigenvalue weighted by molar-refractivity contribution is 5.94. The Bertz CT molecular complexity index is 718. The number of hydrogen-bond acceptors (Lipinski definition) is 3. The van der Waals surface area contributed by atoms with E-state index in [1.54, 1.807) is 0 Å². The van der Waals surface area contributed by atoms with Gasteiger partial charge in [-0.2, -0.15) is 0 Å². The summed E-state index contributed by atoms with van der Waals surface area (Å²) in [5.41, 5.74) is 3.24. The van der Waals surface area contributed by atoms with Crippen LogP contribution in [0.2, 0.25) is 0 Å². The first-order valence-corrected chi connectivity index (χ1v) is 10.0. The van der Waals surface area contributed by atoms with Gasteiger partial charge in [-0.25, -0.2) is 0 Å². The molecule has 1 fully saturated rings. The van der Waals surface area contributed by atoms with Crippen LogP contribution in [0, 0.1) is 5.92 Å². The Morgan fingerprint density at radius 2 is 1.86 bits per heavy atom. The highest BCUT2D eigenvalue weighted by Gasteiger charge is 2.24. The van der Waals surface area contributed by atoms with E-state index >= 15 is 0 Å². The molecule has 1 N–H and O–H groups in total. The van der Waals surface area contributed by atoms with Crippen LogP contribution in [-0.4, -0.2) is 44.0 Å². The molecule has 0 saturated carbocycles. The maximum atomic E-state index is 12.9. The van der Waals surface area contributed by atoms with Crippen molar-refractivity contribution in [3.8, 4) is 0 Å². The Hall–Kier alpha value is -2.04. The molecule has 1 atom stereocenters. The van der Waals surface area contributed by atoms with E-state index in [9.17, 15) is 4.79 Å². The first kappa shape index (κ1) is 22.3. The first-order valence-electron chi connectivity index (χ1n) is 10.0. The number of piperidine rings is 1. The van der Waals surface area contributed by atoms with E-state index in [2.05, 4.69) is 53.5 Å². The molecule has 152 valence electrons. The number of nitrogens with zero attached hydrogens (tertiary/aromatic N) is 2. The molecular formula is C23H32ClN3O. The van der Waals surface area contributed by atoms with E-state index in [0.717, 1.165) is 50.4 Å². The molecule has 0 aromatic heterocycles. The average molecular weight is 402 g/mol. The summed E-state index contributed by atoms with van der Waals surface area (Å²) in [5.74, 6) is 0.724. The molecule has 5 heteroatoms. The van der Waals surface area contributed by atoms with Crippen LogP contribution in [0.1, 0.15) is 35.7 Å². The van der Waals surface area contributed by atoms with Crippen molar-refractivity contribution in [1.29, 1.82) is 0 Å². The molecule has 0 aliphatic carbocycles. The molecule has 1 aliphatic heterocycles. The average Bonchev–Trinajstić information content (AvgIpc) is 2.73. The summed E-state index contributed by atoms with van der Waals surface area (Å²) in [5, 5.41) is 3.24. The van der Waals surface area contributed by atoms with Gasteiger partial charge >= 0.3 is 0 Å². The highest BCUT2D eigenvalue weighted by atomic mass is 35.5. The zero-order chi connectivity index (χ0) is 19.1. The molecule has 1 amide bonds. The lowest BCUT2D eigenvalue weighted by molar-refractivity contribution is 0.0674. The van der Waals surface area contributed by atoms with Crippen LogP contribution in [0.3, 0.4) is 0 Å². The number of hydrogen-bond donors (Lipinski definition) is 1. The summed E-state index contributed by atoms with van der Waals surface area (Å²) in [6, 6.07) is 18.6. The fourth-order valence-corrected chi connectivity index (χ4v) is 3.89. The van der Waals surface area contributed by atoms with Crippen molar-refractivity contribution in [3.05, 3.63) is 65.7 Å². The van der Waals surface area contributed by atoms with Crippen molar-refractivity contribution in [2.24, 2.45) is 5.92 Å². The van der Waals surface area contributed by atoms with Crippen molar-refractivity contribution in [3.63, 3.8) is 0 Å². The molecule has 4 nitrogen and oxygen atoms in total. The highest BCUT2D eigenvalue weighted by Crippen LogP contribution is 2.21. The minimum absolute atomic E-state index is 0. The number of likely N-dealkylation sites (tertiary alicyclic amines) is 1. The molecule has 28 heavy (non-hydrogen) atoms. The Morgan fingerprint density at radius 1 is 1.14 bits per heavy atom. The van der Waals surface area contributed by atoms with Gasteiger partial charge in [0, 0.05) is 37.4 Å². The Labute approximate surface area is 175 Å². The lowest BCUT2D eigenvalue weighted by atomic mass is 9.97. The van der Waals surface area contributed by atoms with Gasteiger partial charge < -0.3 is 15.1 Å². The number of nitrogens with one attached hydrogen (secondary N) is 1. The molecular weight excluding hydrogens is 370 g/mol. The van der Waals surface area contributed by atoms with E-state index in [1.165, 1.54) is 12.0 Å². The topological polar surface area (TPSA) is 35.6 Å². The van der Waals surface area contributed by atoms with E-state index in [0.29, 0.717) is 5.92 Å². The minimum atomic E-state index is 0. The number of carbonyl (C=O) groups excluding carboxylic acids is 1. The molecule has 0 radical (unpaired) electrons. The standard InChI is InChI=1S/C23H31N3O.ClH/c1-3-25(17-19-8-5-4-6-9-19)22-13-11-21(12-14-22)23(27)26-15-7-10-20(18-26)16-24-2;/h4-6,8-9,11-14,20,24H,3,7,10,15-18H2,1-2H3;1H. The van der Waals surface area contributed by atoms with Gasteiger partial charge in [0.1, 0.15) is 0 Å². The maximum Gasteiger partial charge on any atom is 0.253 e. The molecule has 0 spiro atoms. The first-order chi connectivity index (χ1) is 13.2. The predicted molar refractivity (Wildman–Crippen MR) is 119 cm³/mol. The SMILES string of the molecule is CCN(Cc1ccccc1)c1ccc(C(=O)N2CCCC(CNC)C2)cc1.Cl. The largest absolute Gasteiger partial charge is 0.367 e. The van der Waals surface area contributed by atoms with Crippen LogP contribution in [0.5, 0.6) is 0 Å². The monoisotopic (exact) mass is 401 g/mol. The molecule has 1 heterocycles. The van der Waals surface area contributed by atoms with Crippen molar-refractivity contribution in [2.75, 3.05) is 38.1 Å². The maximum absolute atomic E-state index is 12.9. The molecule has 3 rings (SSSR count). The van der Waals surface area contributed by atoms with E-state index in [1.807, 2.05) is 30.1 Å². The number of anilines is 1. The number of amides is 1. The Kier molecular flexibility index (Phi) is 8.81. The number of carbonyl (C=O) groups is 1. The van der Waals surface area contributed by atoms with Crippen molar-refractivity contribution in [1.82, 2.24) is 10.2 Å². The summed E-state index contributed by atoms with van der Waals surface area (Å²) in [6.45, 7) is 6.68. The van der Waals surface area contributed by atoms with Crippen LogP contribution < -0.4 is 10.2 Å². The summed E-state index contributed by atoms with van der Waals surface area (Å²) in [7, 11) is 1.98. The zero-order valence-corrected chi connectivity index (χ0v) is 17.8. The van der Waals surface area contributed by atoms with Gasteiger partial charge in [0.2, 0.25) is 0 Å². The summed E-state index contributed by atoms with van der Waals surface area (Å²) < 4.78 is 0. The van der Waals surface area contributed by atoms with Gasteiger partial charge in [-0.15, -0.1) is 12.4 Å². The van der Waals surface area contributed by atoms with Gasteiger partial charge in [-0.1, -0.05) is 30.3 Å². The van der Waals surface area contributed by atoms with Crippen molar-refractivity contribution in [2.45, 2.75) is 26.3 Å². The Balaban J connectivity index is 0.00000280. The second-order valence-electron chi connectivity index (χ2n) is 7.36.